The van der Waals surface area contributed by atoms with Crippen molar-refractivity contribution in [1.29, 1.82) is 0 Å². The Kier molecular flexibility index (Phi) is 4.85. The van der Waals surface area contributed by atoms with Crippen molar-refractivity contribution in [2.24, 2.45) is 5.92 Å². The number of alkyl halides is 1. The third kappa shape index (κ3) is 3.36. The van der Waals surface area contributed by atoms with E-state index in [0.717, 1.165) is 17.7 Å². The highest BCUT2D eigenvalue weighted by molar-refractivity contribution is 6.31. The standard InChI is InChI=1S/C14H15Cl2N3O2/c1-9(2)7-13-12(8-15)14(16)18(17-13)10-3-5-11(6-4-10)19(20)21/h3-6,9H,7-8H2,1-2H3. The van der Waals surface area contributed by atoms with Gasteiger partial charge in [-0.25, -0.2) is 4.68 Å². The van der Waals surface area contributed by atoms with Crippen molar-refractivity contribution in [3.05, 3.63) is 50.8 Å². The summed E-state index contributed by atoms with van der Waals surface area (Å²) < 4.78 is 1.57. The molecule has 0 aliphatic carbocycles. The lowest BCUT2D eigenvalue weighted by Crippen LogP contribution is -2.00. The number of rotatable bonds is 5. The van der Waals surface area contributed by atoms with E-state index in [4.69, 9.17) is 23.2 Å². The Hall–Kier alpha value is -1.59. The van der Waals surface area contributed by atoms with E-state index in [1.165, 1.54) is 12.1 Å². The summed E-state index contributed by atoms with van der Waals surface area (Å²) in [5.41, 5.74) is 2.38. The van der Waals surface area contributed by atoms with Crippen LogP contribution in [0.5, 0.6) is 0 Å². The van der Waals surface area contributed by atoms with Gasteiger partial charge in [0.15, 0.2) is 0 Å². The second kappa shape index (κ2) is 6.45. The smallest absolute Gasteiger partial charge is 0.258 e. The molecule has 0 atom stereocenters. The maximum Gasteiger partial charge on any atom is 0.269 e. The molecular formula is C14H15Cl2N3O2. The van der Waals surface area contributed by atoms with Crippen LogP contribution in [0.3, 0.4) is 0 Å². The summed E-state index contributed by atoms with van der Waals surface area (Å²) in [6.07, 6.45) is 0.780. The Balaban J connectivity index is 2.43. The summed E-state index contributed by atoms with van der Waals surface area (Å²) in [4.78, 5) is 10.2. The zero-order valence-electron chi connectivity index (χ0n) is 11.7. The Bertz CT molecular complexity index is 651. The zero-order valence-corrected chi connectivity index (χ0v) is 13.2. The normalized spacial score (nSPS) is 11.1. The second-order valence-electron chi connectivity index (χ2n) is 5.13. The molecule has 0 radical (unpaired) electrons. The van der Waals surface area contributed by atoms with Crippen LogP contribution in [0.1, 0.15) is 25.1 Å². The SMILES string of the molecule is CC(C)Cc1nn(-c2ccc([N+](=O)[O-])cc2)c(Cl)c1CCl. The third-order valence-corrected chi connectivity index (χ3v) is 3.70. The van der Waals surface area contributed by atoms with Gasteiger partial charge < -0.3 is 0 Å². The molecule has 7 heteroatoms. The first kappa shape index (κ1) is 15.8. The fourth-order valence-corrected chi connectivity index (χ4v) is 2.70. The molecule has 0 aliphatic rings. The van der Waals surface area contributed by atoms with Gasteiger partial charge in [0, 0.05) is 17.7 Å². The summed E-state index contributed by atoms with van der Waals surface area (Å²) >= 11 is 12.3. The van der Waals surface area contributed by atoms with E-state index in [0.29, 0.717) is 16.8 Å². The molecule has 0 spiro atoms. The highest BCUT2D eigenvalue weighted by Gasteiger charge is 2.18. The van der Waals surface area contributed by atoms with Crippen molar-refractivity contribution in [1.82, 2.24) is 9.78 Å². The fraction of sp³-hybridized carbons (Fsp3) is 0.357. The van der Waals surface area contributed by atoms with Gasteiger partial charge in [0.25, 0.3) is 5.69 Å². The number of hydrogen-bond acceptors (Lipinski definition) is 3. The van der Waals surface area contributed by atoms with Gasteiger partial charge in [0.2, 0.25) is 0 Å². The monoisotopic (exact) mass is 327 g/mol. The Morgan fingerprint density at radius 3 is 2.43 bits per heavy atom. The van der Waals surface area contributed by atoms with Crippen LogP contribution in [-0.4, -0.2) is 14.7 Å². The molecule has 1 aromatic heterocycles. The maximum absolute atomic E-state index is 10.7. The van der Waals surface area contributed by atoms with Crippen molar-refractivity contribution in [3.63, 3.8) is 0 Å². The minimum absolute atomic E-state index is 0.0296. The number of benzene rings is 1. The molecule has 1 aromatic carbocycles. The molecule has 0 bridgehead atoms. The molecule has 2 aromatic rings. The van der Waals surface area contributed by atoms with Gasteiger partial charge in [-0.1, -0.05) is 25.4 Å². The Morgan fingerprint density at radius 2 is 1.95 bits per heavy atom. The zero-order chi connectivity index (χ0) is 15.6. The largest absolute Gasteiger partial charge is 0.269 e. The minimum Gasteiger partial charge on any atom is -0.258 e. The van der Waals surface area contributed by atoms with E-state index in [1.54, 1.807) is 16.8 Å². The van der Waals surface area contributed by atoms with E-state index < -0.39 is 4.92 Å². The molecule has 0 N–H and O–H groups in total. The van der Waals surface area contributed by atoms with Crippen LogP contribution in [0.25, 0.3) is 5.69 Å². The van der Waals surface area contributed by atoms with Gasteiger partial charge >= 0.3 is 0 Å². The lowest BCUT2D eigenvalue weighted by molar-refractivity contribution is -0.384. The summed E-state index contributed by atoms with van der Waals surface area (Å²) in [6.45, 7) is 4.19. The van der Waals surface area contributed by atoms with Crippen LogP contribution in [0, 0.1) is 16.0 Å². The molecule has 21 heavy (non-hydrogen) atoms. The quantitative estimate of drug-likeness (QED) is 0.465. The van der Waals surface area contributed by atoms with Crippen LogP contribution in [0.4, 0.5) is 5.69 Å². The molecule has 0 fully saturated rings. The Labute approximate surface area is 132 Å². The van der Waals surface area contributed by atoms with Crippen LogP contribution in [0.15, 0.2) is 24.3 Å². The van der Waals surface area contributed by atoms with Gasteiger partial charge in [-0.3, -0.25) is 10.1 Å². The molecule has 2 rings (SSSR count). The molecular weight excluding hydrogens is 313 g/mol. The van der Waals surface area contributed by atoms with Gasteiger partial charge in [-0.15, -0.1) is 11.6 Å². The van der Waals surface area contributed by atoms with E-state index in [2.05, 4.69) is 18.9 Å². The van der Waals surface area contributed by atoms with Crippen LogP contribution < -0.4 is 0 Å². The van der Waals surface area contributed by atoms with Crippen LogP contribution in [0.2, 0.25) is 5.15 Å². The lowest BCUT2D eigenvalue weighted by Gasteiger charge is -2.03. The number of halogens is 2. The number of aromatic nitrogens is 2. The molecule has 0 aliphatic heterocycles. The third-order valence-electron chi connectivity index (χ3n) is 3.04. The van der Waals surface area contributed by atoms with Gasteiger partial charge in [0.1, 0.15) is 5.15 Å². The topological polar surface area (TPSA) is 61.0 Å². The van der Waals surface area contributed by atoms with Gasteiger partial charge in [-0.2, -0.15) is 5.10 Å². The van der Waals surface area contributed by atoms with Gasteiger partial charge in [0.05, 0.1) is 22.2 Å². The highest BCUT2D eigenvalue weighted by atomic mass is 35.5. The van der Waals surface area contributed by atoms with Crippen molar-refractivity contribution >= 4 is 28.9 Å². The predicted octanol–water partition coefficient (Wildman–Crippen LogP) is 4.37. The average molecular weight is 328 g/mol. The molecule has 0 unspecified atom stereocenters. The summed E-state index contributed by atoms with van der Waals surface area (Å²) in [5, 5.41) is 15.6. The number of hydrogen-bond donors (Lipinski definition) is 0. The maximum atomic E-state index is 10.7. The molecule has 5 nitrogen and oxygen atoms in total. The van der Waals surface area contributed by atoms with Crippen molar-refractivity contribution < 1.29 is 4.92 Å². The first-order chi connectivity index (χ1) is 9.93. The number of nitro benzene ring substituents is 1. The molecule has 1 heterocycles. The Morgan fingerprint density at radius 1 is 1.33 bits per heavy atom. The summed E-state index contributed by atoms with van der Waals surface area (Å²) in [6, 6.07) is 6.09. The number of nitrogens with zero attached hydrogens (tertiary/aromatic N) is 3. The first-order valence-electron chi connectivity index (χ1n) is 6.51. The van der Waals surface area contributed by atoms with Crippen LogP contribution >= 0.6 is 23.2 Å². The second-order valence-corrected chi connectivity index (χ2v) is 5.76. The van der Waals surface area contributed by atoms with Crippen molar-refractivity contribution in [2.45, 2.75) is 26.1 Å². The highest BCUT2D eigenvalue weighted by Crippen LogP contribution is 2.27. The molecule has 0 saturated heterocycles. The average Bonchev–Trinajstić information content (AvgIpc) is 2.74. The van der Waals surface area contributed by atoms with E-state index in [-0.39, 0.29) is 11.6 Å². The van der Waals surface area contributed by atoms with E-state index in [9.17, 15) is 10.1 Å². The number of nitro groups is 1. The van der Waals surface area contributed by atoms with E-state index in [1.807, 2.05) is 0 Å². The predicted molar refractivity (Wildman–Crippen MR) is 83.3 cm³/mol. The molecule has 112 valence electrons. The summed E-state index contributed by atoms with van der Waals surface area (Å²) in [5.74, 6) is 0.719. The van der Waals surface area contributed by atoms with Crippen molar-refractivity contribution in [3.8, 4) is 5.69 Å². The lowest BCUT2D eigenvalue weighted by atomic mass is 10.1. The minimum atomic E-state index is -0.442. The molecule has 0 saturated carbocycles. The first-order valence-corrected chi connectivity index (χ1v) is 7.42. The van der Waals surface area contributed by atoms with Gasteiger partial charge in [-0.05, 0) is 24.5 Å². The molecule has 0 amide bonds. The number of non-ortho nitro benzene ring substituents is 1. The fourth-order valence-electron chi connectivity index (χ4n) is 2.04. The summed E-state index contributed by atoms with van der Waals surface area (Å²) in [7, 11) is 0. The van der Waals surface area contributed by atoms with E-state index >= 15 is 0 Å². The van der Waals surface area contributed by atoms with Crippen LogP contribution in [-0.2, 0) is 12.3 Å². The van der Waals surface area contributed by atoms with Crippen molar-refractivity contribution in [2.75, 3.05) is 0 Å².